The van der Waals surface area contributed by atoms with E-state index in [4.69, 9.17) is 5.11 Å². The average Bonchev–Trinajstić information content (AvgIpc) is 2.39. The lowest BCUT2D eigenvalue weighted by atomic mass is 9.82. The smallest absolute Gasteiger partial charge is 0.336 e. The molecule has 1 saturated carbocycles. The first-order chi connectivity index (χ1) is 9.50. The van der Waals surface area contributed by atoms with E-state index in [9.17, 15) is 14.7 Å². The topological polar surface area (TPSA) is 74.6 Å². The maximum absolute atomic E-state index is 11.5. The number of carbonyl (C=O) groups is 2. The fourth-order valence-electron chi connectivity index (χ4n) is 3.17. The van der Waals surface area contributed by atoms with Gasteiger partial charge in [0.05, 0.1) is 11.1 Å². The highest BCUT2D eigenvalue weighted by Crippen LogP contribution is 2.29. The number of rotatable bonds is 4. The molecular formula is C16H20O4. The molecule has 0 aromatic heterocycles. The summed E-state index contributed by atoms with van der Waals surface area (Å²) in [5, 5.41) is 18.5. The van der Waals surface area contributed by atoms with Crippen molar-refractivity contribution in [3.05, 3.63) is 34.4 Å². The molecule has 0 spiro atoms. The molecule has 0 unspecified atom stereocenters. The first-order valence-electron chi connectivity index (χ1n) is 7.09. The van der Waals surface area contributed by atoms with E-state index in [1.54, 1.807) is 13.0 Å². The zero-order valence-electron chi connectivity index (χ0n) is 11.7. The van der Waals surface area contributed by atoms with Crippen LogP contribution in [0.5, 0.6) is 0 Å². The van der Waals surface area contributed by atoms with Crippen LogP contribution in [0, 0.1) is 12.8 Å². The molecule has 4 nitrogen and oxygen atoms in total. The molecule has 1 aliphatic carbocycles. The van der Waals surface area contributed by atoms with Crippen LogP contribution in [0.4, 0.5) is 0 Å². The molecule has 1 aromatic rings. The summed E-state index contributed by atoms with van der Waals surface area (Å²) in [5.74, 6) is -1.58. The number of carboxylic acids is 2. The number of benzene rings is 1. The summed E-state index contributed by atoms with van der Waals surface area (Å²) in [7, 11) is 0. The van der Waals surface area contributed by atoms with Crippen LogP contribution in [0.2, 0.25) is 0 Å². The standard InChI is InChI=1S/C16H20O4/c1-10-13(15(17)18)8-7-12(14(10)16(19)20)9-11-5-3-2-4-6-11/h7-8,11H,2-6,9H2,1H3,(H,17,18)(H,19,20). The Kier molecular flexibility index (Phi) is 4.42. The molecule has 0 heterocycles. The van der Waals surface area contributed by atoms with E-state index < -0.39 is 11.9 Å². The van der Waals surface area contributed by atoms with Gasteiger partial charge in [-0.15, -0.1) is 0 Å². The maximum atomic E-state index is 11.5. The van der Waals surface area contributed by atoms with Crippen molar-refractivity contribution in [3.8, 4) is 0 Å². The molecule has 0 aliphatic heterocycles. The molecule has 2 rings (SSSR count). The van der Waals surface area contributed by atoms with Crippen molar-refractivity contribution in [3.63, 3.8) is 0 Å². The van der Waals surface area contributed by atoms with Gasteiger partial charge in [0.25, 0.3) is 0 Å². The molecule has 108 valence electrons. The first kappa shape index (κ1) is 14.6. The molecule has 0 radical (unpaired) electrons. The Balaban J connectivity index is 2.34. The van der Waals surface area contributed by atoms with E-state index >= 15 is 0 Å². The van der Waals surface area contributed by atoms with Gasteiger partial charge in [0.15, 0.2) is 0 Å². The van der Waals surface area contributed by atoms with Crippen molar-refractivity contribution in [2.45, 2.75) is 45.4 Å². The van der Waals surface area contributed by atoms with Crippen LogP contribution in [0.1, 0.15) is 63.9 Å². The van der Waals surface area contributed by atoms with Gasteiger partial charge >= 0.3 is 11.9 Å². The highest BCUT2D eigenvalue weighted by Gasteiger charge is 2.22. The lowest BCUT2D eigenvalue weighted by Gasteiger charge is -2.23. The molecular weight excluding hydrogens is 256 g/mol. The van der Waals surface area contributed by atoms with E-state index in [2.05, 4.69) is 0 Å². The van der Waals surface area contributed by atoms with Crippen molar-refractivity contribution >= 4 is 11.9 Å². The fraction of sp³-hybridized carbons (Fsp3) is 0.500. The fourth-order valence-corrected chi connectivity index (χ4v) is 3.17. The number of aromatic carboxylic acids is 2. The number of hydrogen-bond acceptors (Lipinski definition) is 2. The van der Waals surface area contributed by atoms with Gasteiger partial charge in [-0.05, 0) is 36.5 Å². The third-order valence-corrected chi connectivity index (χ3v) is 4.23. The largest absolute Gasteiger partial charge is 0.478 e. The van der Waals surface area contributed by atoms with Gasteiger partial charge in [0.2, 0.25) is 0 Å². The van der Waals surface area contributed by atoms with Gasteiger partial charge in [0, 0.05) is 0 Å². The van der Waals surface area contributed by atoms with Crippen LogP contribution >= 0.6 is 0 Å². The zero-order valence-corrected chi connectivity index (χ0v) is 11.7. The third-order valence-electron chi connectivity index (χ3n) is 4.23. The van der Waals surface area contributed by atoms with Gasteiger partial charge in [-0.2, -0.15) is 0 Å². The van der Waals surface area contributed by atoms with E-state index in [0.717, 1.165) is 24.8 Å². The Labute approximate surface area is 118 Å². The summed E-state index contributed by atoms with van der Waals surface area (Å²) < 4.78 is 0. The monoisotopic (exact) mass is 276 g/mol. The van der Waals surface area contributed by atoms with E-state index in [0.29, 0.717) is 11.5 Å². The van der Waals surface area contributed by atoms with Crippen LogP contribution in [0.15, 0.2) is 12.1 Å². The van der Waals surface area contributed by atoms with Crippen LogP contribution in [-0.2, 0) is 6.42 Å². The summed E-state index contributed by atoms with van der Waals surface area (Å²) in [4.78, 5) is 22.6. The molecule has 0 amide bonds. The Hall–Kier alpha value is -1.84. The highest BCUT2D eigenvalue weighted by atomic mass is 16.4. The minimum atomic E-state index is -1.07. The zero-order chi connectivity index (χ0) is 14.7. The Bertz CT molecular complexity index is 528. The normalized spacial score (nSPS) is 16.1. The molecule has 1 aromatic carbocycles. The van der Waals surface area contributed by atoms with Crippen LogP contribution in [0.25, 0.3) is 0 Å². The molecule has 20 heavy (non-hydrogen) atoms. The van der Waals surface area contributed by atoms with Crippen molar-refractivity contribution in [1.29, 1.82) is 0 Å². The van der Waals surface area contributed by atoms with E-state index in [1.807, 2.05) is 0 Å². The minimum absolute atomic E-state index is 0.0785. The predicted octanol–water partition coefficient (Wildman–Crippen LogP) is 3.51. The van der Waals surface area contributed by atoms with Gasteiger partial charge in [-0.3, -0.25) is 0 Å². The Morgan fingerprint density at radius 2 is 1.75 bits per heavy atom. The van der Waals surface area contributed by atoms with E-state index in [-0.39, 0.29) is 11.1 Å². The predicted molar refractivity (Wildman–Crippen MR) is 75.4 cm³/mol. The number of carboxylic acid groups (broad SMARTS) is 2. The van der Waals surface area contributed by atoms with Gasteiger partial charge in [0.1, 0.15) is 0 Å². The molecule has 0 atom stereocenters. The minimum Gasteiger partial charge on any atom is -0.478 e. The van der Waals surface area contributed by atoms with Gasteiger partial charge in [-0.1, -0.05) is 38.2 Å². The van der Waals surface area contributed by atoms with Crippen LogP contribution in [-0.4, -0.2) is 22.2 Å². The SMILES string of the molecule is Cc1c(C(=O)O)ccc(CC2CCCCC2)c1C(=O)O. The van der Waals surface area contributed by atoms with Gasteiger partial charge < -0.3 is 10.2 Å². The molecule has 2 N–H and O–H groups in total. The van der Waals surface area contributed by atoms with Crippen molar-refractivity contribution in [2.75, 3.05) is 0 Å². The lowest BCUT2D eigenvalue weighted by molar-refractivity contribution is 0.0694. The summed E-state index contributed by atoms with van der Waals surface area (Å²) >= 11 is 0. The molecule has 4 heteroatoms. The third kappa shape index (κ3) is 3.00. The number of hydrogen-bond donors (Lipinski definition) is 2. The second-order valence-corrected chi connectivity index (χ2v) is 5.59. The van der Waals surface area contributed by atoms with Crippen molar-refractivity contribution < 1.29 is 19.8 Å². The highest BCUT2D eigenvalue weighted by molar-refractivity contribution is 5.97. The maximum Gasteiger partial charge on any atom is 0.336 e. The van der Waals surface area contributed by atoms with Crippen LogP contribution in [0.3, 0.4) is 0 Å². The second kappa shape index (κ2) is 6.07. The summed E-state index contributed by atoms with van der Waals surface area (Å²) in [6.45, 7) is 1.58. The average molecular weight is 276 g/mol. The summed E-state index contributed by atoms with van der Waals surface area (Å²) in [6, 6.07) is 3.21. The molecule has 0 saturated heterocycles. The quantitative estimate of drug-likeness (QED) is 0.882. The van der Waals surface area contributed by atoms with Crippen LogP contribution < -0.4 is 0 Å². The van der Waals surface area contributed by atoms with Crippen molar-refractivity contribution in [1.82, 2.24) is 0 Å². The summed E-state index contributed by atoms with van der Waals surface area (Å²) in [5.41, 5.74) is 1.38. The van der Waals surface area contributed by atoms with Gasteiger partial charge in [-0.25, -0.2) is 9.59 Å². The Morgan fingerprint density at radius 1 is 1.10 bits per heavy atom. The second-order valence-electron chi connectivity index (χ2n) is 5.59. The lowest BCUT2D eigenvalue weighted by Crippen LogP contribution is -2.15. The molecule has 1 fully saturated rings. The molecule has 0 bridgehead atoms. The van der Waals surface area contributed by atoms with E-state index in [1.165, 1.54) is 25.3 Å². The Morgan fingerprint density at radius 3 is 2.30 bits per heavy atom. The summed E-state index contributed by atoms with van der Waals surface area (Å²) in [6.07, 6.45) is 6.69. The first-order valence-corrected chi connectivity index (χ1v) is 7.09. The molecule has 1 aliphatic rings. The van der Waals surface area contributed by atoms with Crippen molar-refractivity contribution in [2.24, 2.45) is 5.92 Å².